The molecule has 0 bridgehead atoms. The highest BCUT2D eigenvalue weighted by Gasteiger charge is 2.34. The second-order valence-electron chi connectivity index (χ2n) is 6.11. The van der Waals surface area contributed by atoms with E-state index in [4.69, 9.17) is 4.74 Å². The van der Waals surface area contributed by atoms with Gasteiger partial charge in [-0.2, -0.15) is 0 Å². The van der Waals surface area contributed by atoms with E-state index in [9.17, 15) is 9.59 Å². The minimum absolute atomic E-state index is 0.0798. The average Bonchev–Trinajstić information content (AvgIpc) is 2.98. The molecule has 1 saturated heterocycles. The Hall–Kier alpha value is -3.60. The van der Waals surface area contributed by atoms with Crippen molar-refractivity contribution in [3.63, 3.8) is 0 Å². The highest BCUT2D eigenvalue weighted by atomic mass is 16.5. The van der Waals surface area contributed by atoms with E-state index in [1.807, 2.05) is 61.5 Å². The summed E-state index contributed by atoms with van der Waals surface area (Å²) in [4.78, 5) is 25.4. The van der Waals surface area contributed by atoms with E-state index >= 15 is 0 Å². The SMILES string of the molecule is CCOc1ccc2ccccc2c1/C=C1\C(=O)NN(c2ccccc2)C1=O. The van der Waals surface area contributed by atoms with Gasteiger partial charge >= 0.3 is 0 Å². The molecular weight excluding hydrogens is 340 g/mol. The monoisotopic (exact) mass is 358 g/mol. The predicted octanol–water partition coefficient (Wildman–Crippen LogP) is 3.70. The highest BCUT2D eigenvalue weighted by Crippen LogP contribution is 2.31. The maximum atomic E-state index is 12.9. The molecule has 1 fully saturated rings. The van der Waals surface area contributed by atoms with Gasteiger partial charge in [0, 0.05) is 5.56 Å². The van der Waals surface area contributed by atoms with Crippen LogP contribution in [0.3, 0.4) is 0 Å². The van der Waals surface area contributed by atoms with Crippen molar-refractivity contribution in [2.75, 3.05) is 11.6 Å². The predicted molar refractivity (Wildman–Crippen MR) is 105 cm³/mol. The van der Waals surface area contributed by atoms with Crippen LogP contribution in [0.5, 0.6) is 5.75 Å². The van der Waals surface area contributed by atoms with Crippen molar-refractivity contribution in [3.05, 3.63) is 77.9 Å². The number of carbonyl (C=O) groups is 2. The van der Waals surface area contributed by atoms with E-state index < -0.39 is 5.91 Å². The molecule has 0 aromatic heterocycles. The molecule has 1 heterocycles. The number of para-hydroxylation sites is 1. The number of anilines is 1. The third-order valence-corrected chi connectivity index (χ3v) is 4.43. The van der Waals surface area contributed by atoms with E-state index in [0.29, 0.717) is 18.0 Å². The number of ether oxygens (including phenoxy) is 1. The Morgan fingerprint density at radius 1 is 0.963 bits per heavy atom. The number of nitrogens with one attached hydrogen (secondary N) is 1. The van der Waals surface area contributed by atoms with Gasteiger partial charge < -0.3 is 4.74 Å². The largest absolute Gasteiger partial charge is 0.493 e. The highest BCUT2D eigenvalue weighted by molar-refractivity contribution is 6.32. The van der Waals surface area contributed by atoms with Gasteiger partial charge in [0.25, 0.3) is 11.8 Å². The molecule has 134 valence electrons. The summed E-state index contributed by atoms with van der Waals surface area (Å²) in [5, 5.41) is 3.20. The molecule has 0 unspecified atom stereocenters. The number of rotatable bonds is 4. The van der Waals surface area contributed by atoms with Crippen LogP contribution < -0.4 is 15.2 Å². The third-order valence-electron chi connectivity index (χ3n) is 4.43. The Kier molecular flexibility index (Phi) is 4.34. The summed E-state index contributed by atoms with van der Waals surface area (Å²) in [5.74, 6) is -0.178. The van der Waals surface area contributed by atoms with E-state index in [1.54, 1.807) is 18.2 Å². The zero-order valence-electron chi connectivity index (χ0n) is 14.8. The Morgan fingerprint density at radius 3 is 2.48 bits per heavy atom. The lowest BCUT2D eigenvalue weighted by Gasteiger charge is -2.14. The molecule has 5 heteroatoms. The quantitative estimate of drug-likeness (QED) is 0.571. The lowest BCUT2D eigenvalue weighted by Crippen LogP contribution is -2.35. The summed E-state index contributed by atoms with van der Waals surface area (Å²) in [7, 11) is 0. The van der Waals surface area contributed by atoms with Gasteiger partial charge in [0.05, 0.1) is 12.3 Å². The summed E-state index contributed by atoms with van der Waals surface area (Å²) >= 11 is 0. The first kappa shape index (κ1) is 16.8. The number of benzene rings is 3. The molecule has 1 N–H and O–H groups in total. The van der Waals surface area contributed by atoms with Crippen molar-refractivity contribution < 1.29 is 14.3 Å². The lowest BCUT2D eigenvalue weighted by atomic mass is 10.0. The van der Waals surface area contributed by atoms with Crippen molar-refractivity contribution in [2.45, 2.75) is 6.92 Å². The second kappa shape index (κ2) is 6.96. The molecule has 1 aliphatic rings. The Morgan fingerprint density at radius 2 is 1.70 bits per heavy atom. The van der Waals surface area contributed by atoms with Gasteiger partial charge in [0.2, 0.25) is 0 Å². The summed E-state index contributed by atoms with van der Waals surface area (Å²) in [5.41, 5.74) is 4.04. The lowest BCUT2D eigenvalue weighted by molar-refractivity contribution is -0.117. The first-order valence-corrected chi connectivity index (χ1v) is 8.76. The molecule has 0 atom stereocenters. The number of carbonyl (C=O) groups excluding carboxylic acids is 2. The Bertz CT molecular complexity index is 1060. The zero-order chi connectivity index (χ0) is 18.8. The van der Waals surface area contributed by atoms with Crippen LogP contribution in [0.2, 0.25) is 0 Å². The first-order chi connectivity index (χ1) is 13.2. The standard InChI is InChI=1S/C22H18N2O3/c1-2-27-20-13-12-15-8-6-7-11-17(15)18(20)14-19-21(25)23-24(22(19)26)16-9-4-3-5-10-16/h3-14H,2H2,1H3,(H,23,25)/b19-14+. The van der Waals surface area contributed by atoms with Crippen LogP contribution >= 0.6 is 0 Å². The summed E-state index contributed by atoms with van der Waals surface area (Å²) in [6.45, 7) is 2.39. The van der Waals surface area contributed by atoms with Crippen LogP contribution in [-0.2, 0) is 9.59 Å². The molecule has 0 aliphatic carbocycles. The maximum absolute atomic E-state index is 12.9. The minimum Gasteiger partial charge on any atom is -0.493 e. The van der Waals surface area contributed by atoms with Gasteiger partial charge in [-0.25, -0.2) is 5.01 Å². The van der Waals surface area contributed by atoms with Gasteiger partial charge in [-0.1, -0.05) is 48.5 Å². The number of fused-ring (bicyclic) bond motifs is 1. The van der Waals surface area contributed by atoms with Gasteiger partial charge in [0.1, 0.15) is 11.3 Å². The van der Waals surface area contributed by atoms with Gasteiger partial charge in [-0.3, -0.25) is 15.0 Å². The molecule has 0 spiro atoms. The van der Waals surface area contributed by atoms with Crippen LogP contribution in [0, 0.1) is 0 Å². The summed E-state index contributed by atoms with van der Waals surface area (Å²) in [6.07, 6.45) is 1.62. The van der Waals surface area contributed by atoms with E-state index in [2.05, 4.69) is 5.43 Å². The van der Waals surface area contributed by atoms with E-state index in [-0.39, 0.29) is 11.5 Å². The number of hydrogen-bond donors (Lipinski definition) is 1. The molecule has 3 aromatic rings. The molecule has 4 rings (SSSR count). The van der Waals surface area contributed by atoms with Crippen molar-refractivity contribution in [2.24, 2.45) is 0 Å². The molecule has 27 heavy (non-hydrogen) atoms. The maximum Gasteiger partial charge on any atom is 0.282 e. The number of hydrogen-bond acceptors (Lipinski definition) is 3. The molecule has 0 saturated carbocycles. The zero-order valence-corrected chi connectivity index (χ0v) is 14.8. The molecule has 2 amide bonds. The average molecular weight is 358 g/mol. The number of amides is 2. The fourth-order valence-corrected chi connectivity index (χ4v) is 3.17. The topological polar surface area (TPSA) is 58.6 Å². The van der Waals surface area contributed by atoms with Crippen LogP contribution in [0.4, 0.5) is 5.69 Å². The van der Waals surface area contributed by atoms with Gasteiger partial charge in [-0.15, -0.1) is 0 Å². The molecule has 0 radical (unpaired) electrons. The molecule has 1 aliphatic heterocycles. The number of nitrogens with zero attached hydrogens (tertiary/aromatic N) is 1. The van der Waals surface area contributed by atoms with Crippen molar-refractivity contribution in [3.8, 4) is 5.75 Å². The molecular formula is C22H18N2O3. The molecule has 5 nitrogen and oxygen atoms in total. The van der Waals surface area contributed by atoms with E-state index in [1.165, 1.54) is 5.01 Å². The third kappa shape index (κ3) is 3.04. The molecule has 3 aromatic carbocycles. The van der Waals surface area contributed by atoms with Crippen molar-refractivity contribution >= 4 is 34.4 Å². The second-order valence-corrected chi connectivity index (χ2v) is 6.11. The smallest absolute Gasteiger partial charge is 0.282 e. The van der Waals surface area contributed by atoms with Gasteiger partial charge in [0.15, 0.2) is 0 Å². The van der Waals surface area contributed by atoms with E-state index in [0.717, 1.165) is 16.3 Å². The summed E-state index contributed by atoms with van der Waals surface area (Å²) < 4.78 is 5.74. The normalized spacial score (nSPS) is 15.4. The van der Waals surface area contributed by atoms with Crippen LogP contribution in [0.25, 0.3) is 16.8 Å². The number of hydrazine groups is 1. The van der Waals surface area contributed by atoms with Crippen molar-refractivity contribution in [1.29, 1.82) is 0 Å². The summed E-state index contributed by atoms with van der Waals surface area (Å²) in [6, 6.07) is 20.7. The Labute approximate surface area is 156 Å². The van der Waals surface area contributed by atoms with Gasteiger partial charge in [-0.05, 0) is 42.0 Å². The van der Waals surface area contributed by atoms with Crippen LogP contribution in [0.15, 0.2) is 72.3 Å². The minimum atomic E-state index is -0.431. The fraction of sp³-hybridized carbons (Fsp3) is 0.0909. The Balaban J connectivity index is 1.82. The van der Waals surface area contributed by atoms with Crippen molar-refractivity contribution in [1.82, 2.24) is 5.43 Å². The van der Waals surface area contributed by atoms with Crippen LogP contribution in [0.1, 0.15) is 12.5 Å². The first-order valence-electron chi connectivity index (χ1n) is 8.76. The van der Waals surface area contributed by atoms with Crippen LogP contribution in [-0.4, -0.2) is 18.4 Å². The fourth-order valence-electron chi connectivity index (χ4n) is 3.17.